The van der Waals surface area contributed by atoms with Crippen LogP contribution in [0.4, 0.5) is 15.9 Å². The summed E-state index contributed by atoms with van der Waals surface area (Å²) in [6.45, 7) is -0.311. The molecular formula is C5H9FN4. The normalized spacial score (nSPS) is 10.1. The monoisotopic (exact) mass is 144 g/mol. The summed E-state index contributed by atoms with van der Waals surface area (Å²) in [7, 11) is 0. The van der Waals surface area contributed by atoms with E-state index in [2.05, 4.69) is 5.10 Å². The van der Waals surface area contributed by atoms with Crippen molar-refractivity contribution in [1.29, 1.82) is 0 Å². The molecule has 0 amide bonds. The average molecular weight is 144 g/mol. The zero-order chi connectivity index (χ0) is 7.56. The van der Waals surface area contributed by atoms with E-state index in [4.69, 9.17) is 11.5 Å². The van der Waals surface area contributed by atoms with Gasteiger partial charge < -0.3 is 11.5 Å². The van der Waals surface area contributed by atoms with Crippen molar-refractivity contribution in [1.82, 2.24) is 9.78 Å². The topological polar surface area (TPSA) is 69.9 Å². The zero-order valence-corrected chi connectivity index (χ0v) is 5.42. The first-order chi connectivity index (χ1) is 4.75. The van der Waals surface area contributed by atoms with E-state index in [-0.39, 0.29) is 6.54 Å². The third-order valence-electron chi connectivity index (χ3n) is 1.21. The lowest BCUT2D eigenvalue weighted by molar-refractivity contribution is 0.430. The summed E-state index contributed by atoms with van der Waals surface area (Å²) in [5.74, 6) is 0.331. The van der Waals surface area contributed by atoms with Crippen molar-refractivity contribution in [3.05, 3.63) is 6.20 Å². The number of rotatable bonds is 2. The number of nitrogens with two attached hydrogens (primary N) is 2. The van der Waals surface area contributed by atoms with Crippen LogP contribution in [0.2, 0.25) is 0 Å². The Bertz CT molecular complexity index is 219. The molecule has 1 aromatic heterocycles. The van der Waals surface area contributed by atoms with Gasteiger partial charge in [0.15, 0.2) is 0 Å². The number of nitrogen functional groups attached to an aromatic ring is 2. The maximum Gasteiger partial charge on any atom is 0.145 e. The van der Waals surface area contributed by atoms with Gasteiger partial charge in [0.2, 0.25) is 0 Å². The van der Waals surface area contributed by atoms with Crippen molar-refractivity contribution < 1.29 is 4.39 Å². The van der Waals surface area contributed by atoms with E-state index >= 15 is 0 Å². The molecule has 1 rings (SSSR count). The minimum Gasteiger partial charge on any atom is -0.394 e. The summed E-state index contributed by atoms with van der Waals surface area (Å²) in [6.07, 6.45) is 1.41. The summed E-state index contributed by atoms with van der Waals surface area (Å²) >= 11 is 0. The van der Waals surface area contributed by atoms with Gasteiger partial charge in [-0.2, -0.15) is 5.10 Å². The van der Waals surface area contributed by atoms with Gasteiger partial charge in [0, 0.05) is 0 Å². The zero-order valence-electron chi connectivity index (χ0n) is 5.42. The number of alkyl halides is 1. The molecule has 0 radical (unpaired) electrons. The molecule has 0 saturated heterocycles. The Balaban J connectivity index is 2.83. The van der Waals surface area contributed by atoms with Gasteiger partial charge in [0.05, 0.1) is 18.4 Å². The second kappa shape index (κ2) is 2.55. The van der Waals surface area contributed by atoms with Crippen molar-refractivity contribution in [2.45, 2.75) is 6.54 Å². The van der Waals surface area contributed by atoms with Gasteiger partial charge in [-0.25, -0.2) is 9.07 Å². The molecule has 0 saturated carbocycles. The third kappa shape index (κ3) is 1.02. The van der Waals surface area contributed by atoms with Crippen LogP contribution in [0.1, 0.15) is 0 Å². The Morgan fingerprint density at radius 1 is 1.60 bits per heavy atom. The van der Waals surface area contributed by atoms with Gasteiger partial charge in [-0.3, -0.25) is 0 Å². The van der Waals surface area contributed by atoms with Crippen molar-refractivity contribution in [3.8, 4) is 0 Å². The summed E-state index contributed by atoms with van der Waals surface area (Å²) in [6, 6.07) is 0. The first-order valence-electron chi connectivity index (χ1n) is 2.88. The molecule has 10 heavy (non-hydrogen) atoms. The van der Waals surface area contributed by atoms with Crippen molar-refractivity contribution >= 4 is 11.5 Å². The van der Waals surface area contributed by atoms with E-state index in [9.17, 15) is 4.39 Å². The number of halogens is 1. The summed E-state index contributed by atoms with van der Waals surface area (Å²) in [4.78, 5) is 0. The summed E-state index contributed by atoms with van der Waals surface area (Å²) < 4.78 is 13.0. The Hall–Kier alpha value is -1.26. The Morgan fingerprint density at radius 2 is 2.30 bits per heavy atom. The van der Waals surface area contributed by atoms with Crippen LogP contribution in [0.25, 0.3) is 0 Å². The van der Waals surface area contributed by atoms with Crippen LogP contribution < -0.4 is 11.5 Å². The molecule has 5 heteroatoms. The lowest BCUT2D eigenvalue weighted by atomic mass is 10.5. The quantitative estimate of drug-likeness (QED) is 0.614. The van der Waals surface area contributed by atoms with E-state index in [1.165, 1.54) is 10.9 Å². The molecule has 4 N–H and O–H groups in total. The lowest BCUT2D eigenvalue weighted by Crippen LogP contribution is -2.06. The molecule has 0 spiro atoms. The molecule has 0 aromatic carbocycles. The van der Waals surface area contributed by atoms with E-state index in [1.54, 1.807) is 0 Å². The SMILES string of the molecule is Nc1cnn(CCF)c1N. The molecule has 0 atom stereocenters. The molecule has 0 bridgehead atoms. The predicted octanol–water partition coefficient (Wildman–Crippen LogP) is 0.0170. The van der Waals surface area contributed by atoms with Crippen molar-refractivity contribution in [3.63, 3.8) is 0 Å². The fraction of sp³-hybridized carbons (Fsp3) is 0.400. The van der Waals surface area contributed by atoms with E-state index in [0.717, 1.165) is 0 Å². The van der Waals surface area contributed by atoms with Crippen LogP contribution in [0.5, 0.6) is 0 Å². The van der Waals surface area contributed by atoms with Crippen LogP contribution >= 0.6 is 0 Å². The standard InChI is InChI=1S/C5H9FN4/c6-1-2-10-5(8)4(7)3-9-10/h3H,1-2,7-8H2. The lowest BCUT2D eigenvalue weighted by Gasteiger charge is -1.98. The van der Waals surface area contributed by atoms with Crippen LogP contribution in [-0.4, -0.2) is 16.5 Å². The number of nitrogens with zero attached hydrogens (tertiary/aromatic N) is 2. The predicted molar refractivity (Wildman–Crippen MR) is 37.0 cm³/mol. The molecule has 0 aliphatic rings. The van der Waals surface area contributed by atoms with Crippen LogP contribution in [0.3, 0.4) is 0 Å². The molecule has 0 unspecified atom stereocenters. The Labute approximate surface area is 57.6 Å². The number of hydrogen-bond donors (Lipinski definition) is 2. The Kier molecular flexibility index (Phi) is 1.75. The van der Waals surface area contributed by atoms with Gasteiger partial charge in [-0.15, -0.1) is 0 Å². The van der Waals surface area contributed by atoms with Gasteiger partial charge in [0.1, 0.15) is 12.5 Å². The largest absolute Gasteiger partial charge is 0.394 e. The first kappa shape index (κ1) is 6.85. The first-order valence-corrected chi connectivity index (χ1v) is 2.88. The fourth-order valence-electron chi connectivity index (χ4n) is 0.667. The number of aryl methyl sites for hydroxylation is 1. The molecule has 1 heterocycles. The molecule has 0 aliphatic heterocycles. The summed E-state index contributed by atoms with van der Waals surface area (Å²) in [5.41, 5.74) is 11.1. The average Bonchev–Trinajstić information content (AvgIpc) is 2.20. The van der Waals surface area contributed by atoms with Gasteiger partial charge >= 0.3 is 0 Å². The summed E-state index contributed by atoms with van der Waals surface area (Å²) in [5, 5.41) is 3.73. The minimum absolute atomic E-state index is 0.170. The number of aromatic nitrogens is 2. The number of anilines is 2. The highest BCUT2D eigenvalue weighted by Crippen LogP contribution is 2.11. The van der Waals surface area contributed by atoms with Crippen molar-refractivity contribution in [2.24, 2.45) is 0 Å². The Morgan fingerprint density at radius 3 is 2.70 bits per heavy atom. The highest BCUT2D eigenvalue weighted by Gasteiger charge is 2.01. The molecular weight excluding hydrogens is 135 g/mol. The fourth-order valence-corrected chi connectivity index (χ4v) is 0.667. The van der Waals surface area contributed by atoms with Gasteiger partial charge in [-0.1, -0.05) is 0 Å². The molecule has 1 aromatic rings. The minimum atomic E-state index is -0.481. The van der Waals surface area contributed by atoms with Crippen molar-refractivity contribution in [2.75, 3.05) is 18.1 Å². The molecule has 0 fully saturated rings. The second-order valence-corrected chi connectivity index (χ2v) is 1.90. The van der Waals surface area contributed by atoms with Crippen LogP contribution in [-0.2, 0) is 6.54 Å². The van der Waals surface area contributed by atoms with E-state index in [1.807, 2.05) is 0 Å². The smallest absolute Gasteiger partial charge is 0.145 e. The van der Waals surface area contributed by atoms with Crippen LogP contribution in [0.15, 0.2) is 6.20 Å². The molecule has 0 aliphatic carbocycles. The molecule has 56 valence electrons. The van der Waals surface area contributed by atoms with E-state index in [0.29, 0.717) is 11.5 Å². The number of hydrogen-bond acceptors (Lipinski definition) is 3. The van der Waals surface area contributed by atoms with Gasteiger partial charge in [0.25, 0.3) is 0 Å². The highest BCUT2D eigenvalue weighted by atomic mass is 19.1. The third-order valence-corrected chi connectivity index (χ3v) is 1.21. The van der Waals surface area contributed by atoms with E-state index < -0.39 is 6.67 Å². The molecule has 4 nitrogen and oxygen atoms in total. The highest BCUT2D eigenvalue weighted by molar-refractivity contribution is 5.56. The second-order valence-electron chi connectivity index (χ2n) is 1.90. The van der Waals surface area contributed by atoms with Crippen LogP contribution in [0, 0.1) is 0 Å². The maximum absolute atomic E-state index is 11.7. The van der Waals surface area contributed by atoms with Gasteiger partial charge in [-0.05, 0) is 0 Å². The maximum atomic E-state index is 11.7.